The average molecular weight is 314 g/mol. The number of anilines is 3. The van der Waals surface area contributed by atoms with Gasteiger partial charge in [-0.2, -0.15) is 5.26 Å². The van der Waals surface area contributed by atoms with E-state index in [4.69, 9.17) is 12.3 Å². The highest BCUT2D eigenvalue weighted by atomic mass is 16.1. The van der Waals surface area contributed by atoms with Gasteiger partial charge >= 0.3 is 0 Å². The fraction of sp³-hybridized carbons (Fsp3) is 0. The third-order valence-corrected chi connectivity index (χ3v) is 3.65. The fourth-order valence-electron chi connectivity index (χ4n) is 2.56. The Morgan fingerprint density at radius 2 is 1.75 bits per heavy atom. The maximum atomic E-state index is 12.7. The minimum Gasteiger partial charge on any atom is -0.398 e. The SMILES string of the molecule is [C-]#[N+]C1=C(C#N)C(=O)c2c(Nc3ccccc3)ccc(N)c2C1=O. The number of fused-ring (bicyclic) bond motifs is 1. The minimum atomic E-state index is -0.703. The van der Waals surface area contributed by atoms with Crippen molar-refractivity contribution in [2.45, 2.75) is 0 Å². The standard InChI is InChI=1S/C18H10N4O2/c1-21-16-11(9-19)17(23)15-13(22-10-5-3-2-4-6-10)8-7-12(20)14(15)18(16)24/h2-8,22H,20H2. The van der Waals surface area contributed by atoms with Crippen LogP contribution in [-0.2, 0) is 0 Å². The molecule has 0 atom stereocenters. The zero-order valence-electron chi connectivity index (χ0n) is 12.3. The van der Waals surface area contributed by atoms with E-state index in [1.807, 2.05) is 18.2 Å². The number of allylic oxidation sites excluding steroid dienone is 2. The van der Waals surface area contributed by atoms with E-state index in [0.29, 0.717) is 11.4 Å². The van der Waals surface area contributed by atoms with Gasteiger partial charge in [-0.1, -0.05) is 18.2 Å². The number of nitrogens with two attached hydrogens (primary N) is 1. The van der Waals surface area contributed by atoms with Crippen molar-refractivity contribution in [3.8, 4) is 6.07 Å². The maximum Gasteiger partial charge on any atom is 0.255 e. The molecule has 0 aromatic heterocycles. The van der Waals surface area contributed by atoms with Crippen molar-refractivity contribution in [2.24, 2.45) is 0 Å². The first kappa shape index (κ1) is 15.0. The molecule has 0 spiro atoms. The van der Waals surface area contributed by atoms with Crippen LogP contribution in [0.25, 0.3) is 4.85 Å². The first-order valence-corrected chi connectivity index (χ1v) is 6.94. The van der Waals surface area contributed by atoms with E-state index in [1.165, 1.54) is 6.07 Å². The number of benzene rings is 2. The topological polar surface area (TPSA) is 100 Å². The summed E-state index contributed by atoms with van der Waals surface area (Å²) in [4.78, 5) is 28.2. The van der Waals surface area contributed by atoms with E-state index in [2.05, 4.69) is 10.2 Å². The Bertz CT molecular complexity index is 992. The van der Waals surface area contributed by atoms with Gasteiger partial charge < -0.3 is 15.8 Å². The van der Waals surface area contributed by atoms with Crippen molar-refractivity contribution in [3.63, 3.8) is 0 Å². The summed E-state index contributed by atoms with van der Waals surface area (Å²) in [5, 5.41) is 12.2. The van der Waals surface area contributed by atoms with E-state index in [0.717, 1.165) is 0 Å². The Labute approximate surface area is 137 Å². The van der Waals surface area contributed by atoms with Crippen LogP contribution in [0.5, 0.6) is 0 Å². The Kier molecular flexibility index (Phi) is 3.57. The van der Waals surface area contributed by atoms with Crippen LogP contribution >= 0.6 is 0 Å². The number of para-hydroxylation sites is 1. The molecule has 2 aromatic rings. The number of hydrogen-bond donors (Lipinski definition) is 2. The molecule has 3 rings (SSSR count). The zero-order valence-corrected chi connectivity index (χ0v) is 12.3. The summed E-state index contributed by atoms with van der Waals surface area (Å²) in [6.45, 7) is 7.08. The third kappa shape index (κ3) is 2.20. The first-order chi connectivity index (χ1) is 11.6. The first-order valence-electron chi connectivity index (χ1n) is 6.94. The monoisotopic (exact) mass is 314 g/mol. The fourth-order valence-corrected chi connectivity index (χ4v) is 2.56. The molecule has 24 heavy (non-hydrogen) atoms. The molecule has 0 fully saturated rings. The molecule has 6 nitrogen and oxygen atoms in total. The summed E-state index contributed by atoms with van der Waals surface area (Å²) in [6, 6.07) is 13.8. The van der Waals surface area contributed by atoms with Crippen LogP contribution in [0, 0.1) is 17.9 Å². The number of hydrogen-bond acceptors (Lipinski definition) is 5. The number of nitrogens with zero attached hydrogens (tertiary/aromatic N) is 2. The second kappa shape index (κ2) is 5.71. The molecule has 0 aliphatic heterocycles. The van der Waals surface area contributed by atoms with Gasteiger partial charge in [0.1, 0.15) is 5.57 Å². The van der Waals surface area contributed by atoms with Crippen molar-refractivity contribution < 1.29 is 9.59 Å². The molecule has 114 valence electrons. The molecule has 0 bridgehead atoms. The van der Waals surface area contributed by atoms with Crippen molar-refractivity contribution in [3.05, 3.63) is 76.3 Å². The second-order valence-corrected chi connectivity index (χ2v) is 5.05. The molecule has 3 N–H and O–H groups in total. The van der Waals surface area contributed by atoms with Crippen molar-refractivity contribution >= 4 is 28.6 Å². The molecule has 2 aromatic carbocycles. The Hall–Kier alpha value is -3.90. The van der Waals surface area contributed by atoms with E-state index in [-0.39, 0.29) is 16.8 Å². The number of nitrogens with one attached hydrogen (secondary N) is 1. The smallest absolute Gasteiger partial charge is 0.255 e. The predicted molar refractivity (Wildman–Crippen MR) is 88.5 cm³/mol. The number of nitriles is 1. The van der Waals surface area contributed by atoms with Crippen LogP contribution in [0.15, 0.2) is 53.7 Å². The largest absolute Gasteiger partial charge is 0.398 e. The lowest BCUT2D eigenvalue weighted by Crippen LogP contribution is -2.23. The molecule has 0 saturated carbocycles. The summed E-state index contributed by atoms with van der Waals surface area (Å²) >= 11 is 0. The van der Waals surface area contributed by atoms with E-state index < -0.39 is 22.8 Å². The van der Waals surface area contributed by atoms with Crippen LogP contribution in [0.1, 0.15) is 20.7 Å². The normalized spacial score (nSPS) is 13.1. The molecule has 0 radical (unpaired) electrons. The van der Waals surface area contributed by atoms with Crippen LogP contribution in [0.4, 0.5) is 17.1 Å². The highest BCUT2D eigenvalue weighted by molar-refractivity contribution is 6.32. The minimum absolute atomic E-state index is 0.0211. The van der Waals surface area contributed by atoms with Crippen LogP contribution < -0.4 is 11.1 Å². The van der Waals surface area contributed by atoms with Crippen LogP contribution in [-0.4, -0.2) is 11.6 Å². The Morgan fingerprint density at radius 1 is 1.04 bits per heavy atom. The predicted octanol–water partition coefficient (Wildman–Crippen LogP) is 3.09. The van der Waals surface area contributed by atoms with Gasteiger partial charge in [0.05, 0.1) is 23.9 Å². The zero-order chi connectivity index (χ0) is 17.3. The molecule has 0 unspecified atom stereocenters. The van der Waals surface area contributed by atoms with Gasteiger partial charge in [-0.05, 0) is 24.3 Å². The molecule has 6 heteroatoms. The van der Waals surface area contributed by atoms with Gasteiger partial charge in [0.15, 0.2) is 11.6 Å². The highest BCUT2D eigenvalue weighted by Crippen LogP contribution is 2.36. The molecule has 1 aliphatic rings. The number of ketones is 2. The lowest BCUT2D eigenvalue weighted by atomic mass is 9.85. The van der Waals surface area contributed by atoms with Gasteiger partial charge in [-0.3, -0.25) is 4.79 Å². The Balaban J connectivity index is 2.23. The van der Waals surface area contributed by atoms with Gasteiger partial charge in [0, 0.05) is 16.9 Å². The molecule has 0 heterocycles. The van der Waals surface area contributed by atoms with Gasteiger partial charge in [0.25, 0.3) is 5.70 Å². The summed E-state index contributed by atoms with van der Waals surface area (Å²) in [5.74, 6) is -1.38. The van der Waals surface area contributed by atoms with Crippen LogP contribution in [0.2, 0.25) is 0 Å². The number of Topliss-reactive ketones (excluding diaryl/α,β-unsaturated/α-hetero) is 2. The number of carbonyl (C=O) groups excluding carboxylic acids is 2. The van der Waals surface area contributed by atoms with Crippen molar-refractivity contribution in [1.82, 2.24) is 0 Å². The number of rotatable bonds is 2. The van der Waals surface area contributed by atoms with Gasteiger partial charge in [-0.25, -0.2) is 4.85 Å². The lowest BCUT2D eigenvalue weighted by Gasteiger charge is -2.20. The summed E-state index contributed by atoms with van der Waals surface area (Å²) < 4.78 is 0. The second-order valence-electron chi connectivity index (χ2n) is 5.05. The highest BCUT2D eigenvalue weighted by Gasteiger charge is 2.36. The maximum absolute atomic E-state index is 12.7. The van der Waals surface area contributed by atoms with Crippen LogP contribution in [0.3, 0.4) is 0 Å². The summed E-state index contributed by atoms with van der Waals surface area (Å²) in [6.07, 6.45) is 0. The molecular weight excluding hydrogens is 304 g/mol. The molecule has 0 saturated heterocycles. The number of carbonyl (C=O) groups is 2. The summed E-state index contributed by atoms with van der Waals surface area (Å²) in [5.41, 5.74) is 6.06. The van der Waals surface area contributed by atoms with Crippen molar-refractivity contribution in [1.29, 1.82) is 5.26 Å². The van der Waals surface area contributed by atoms with Gasteiger partial charge in [0.2, 0.25) is 0 Å². The van der Waals surface area contributed by atoms with Gasteiger partial charge in [-0.15, -0.1) is 0 Å². The average Bonchev–Trinajstić information content (AvgIpc) is 2.60. The molecule has 1 aliphatic carbocycles. The quantitative estimate of drug-likeness (QED) is 0.655. The van der Waals surface area contributed by atoms with E-state index in [9.17, 15) is 14.9 Å². The van der Waals surface area contributed by atoms with E-state index >= 15 is 0 Å². The molecular formula is C18H10N4O2. The summed E-state index contributed by atoms with van der Waals surface area (Å²) in [7, 11) is 0. The van der Waals surface area contributed by atoms with E-state index in [1.54, 1.807) is 24.3 Å². The lowest BCUT2D eigenvalue weighted by molar-refractivity contribution is 0.0982. The van der Waals surface area contributed by atoms with Crippen molar-refractivity contribution in [2.75, 3.05) is 11.1 Å². The molecule has 0 amide bonds. The Morgan fingerprint density at radius 3 is 2.38 bits per heavy atom. The third-order valence-electron chi connectivity index (χ3n) is 3.65. The number of nitrogen functional groups attached to an aromatic ring is 1.